The Morgan fingerprint density at radius 2 is 2.42 bits per heavy atom. The van der Waals surface area contributed by atoms with E-state index in [0.717, 1.165) is 17.8 Å². The van der Waals surface area contributed by atoms with Gasteiger partial charge in [0.1, 0.15) is 0 Å². The van der Waals surface area contributed by atoms with Crippen molar-refractivity contribution in [3.8, 4) is 0 Å². The second-order valence-corrected chi connectivity index (χ2v) is 2.63. The number of rotatable bonds is 1. The van der Waals surface area contributed by atoms with Crippen molar-refractivity contribution in [1.82, 2.24) is 14.6 Å². The maximum absolute atomic E-state index is 5.70. The Hall–Kier alpha value is -1.58. The fourth-order valence-electron chi connectivity index (χ4n) is 1.20. The van der Waals surface area contributed by atoms with Crippen LogP contribution in [0.4, 0.5) is 5.69 Å². The summed E-state index contributed by atoms with van der Waals surface area (Å²) in [4.78, 5) is 4.16. The first-order chi connectivity index (χ1) is 5.83. The van der Waals surface area contributed by atoms with Crippen LogP contribution >= 0.6 is 0 Å². The molecule has 12 heavy (non-hydrogen) atoms. The van der Waals surface area contributed by atoms with Gasteiger partial charge in [-0.15, -0.1) is 0 Å². The van der Waals surface area contributed by atoms with Crippen LogP contribution in [0, 0.1) is 0 Å². The van der Waals surface area contributed by atoms with Gasteiger partial charge in [0.25, 0.3) is 0 Å². The molecule has 0 radical (unpaired) electrons. The zero-order valence-corrected chi connectivity index (χ0v) is 6.86. The number of imidazole rings is 1. The Kier molecular flexibility index (Phi) is 1.46. The molecule has 62 valence electrons. The molecule has 0 atom stereocenters. The maximum Gasteiger partial charge on any atom is 0.176 e. The van der Waals surface area contributed by atoms with Crippen LogP contribution < -0.4 is 5.73 Å². The van der Waals surface area contributed by atoms with E-state index in [-0.39, 0.29) is 0 Å². The summed E-state index contributed by atoms with van der Waals surface area (Å²) in [6.45, 7) is 2.06. The first kappa shape index (κ1) is 7.09. The van der Waals surface area contributed by atoms with Crippen molar-refractivity contribution in [1.29, 1.82) is 0 Å². The summed E-state index contributed by atoms with van der Waals surface area (Å²) in [5, 5.41) is 4.15. The largest absolute Gasteiger partial charge is 0.396 e. The van der Waals surface area contributed by atoms with Crippen molar-refractivity contribution >= 4 is 11.3 Å². The Bertz CT molecular complexity index is 404. The molecule has 2 aromatic rings. The third-order valence-corrected chi connectivity index (χ3v) is 1.87. The molecule has 0 unspecified atom stereocenters. The van der Waals surface area contributed by atoms with Crippen molar-refractivity contribution < 1.29 is 0 Å². The van der Waals surface area contributed by atoms with E-state index in [4.69, 9.17) is 5.73 Å². The van der Waals surface area contributed by atoms with E-state index in [1.54, 1.807) is 23.0 Å². The lowest BCUT2D eigenvalue weighted by Crippen LogP contribution is -1.98. The number of aryl methyl sites for hydroxylation is 1. The first-order valence-electron chi connectivity index (χ1n) is 3.90. The van der Waals surface area contributed by atoms with Gasteiger partial charge in [-0.1, -0.05) is 6.92 Å². The molecule has 2 aromatic heterocycles. The van der Waals surface area contributed by atoms with Gasteiger partial charge in [-0.3, -0.25) is 0 Å². The number of hydrogen-bond donors (Lipinski definition) is 1. The quantitative estimate of drug-likeness (QED) is 0.677. The van der Waals surface area contributed by atoms with Gasteiger partial charge >= 0.3 is 0 Å². The smallest absolute Gasteiger partial charge is 0.176 e. The van der Waals surface area contributed by atoms with Crippen molar-refractivity contribution in [3.63, 3.8) is 0 Å². The molecule has 2 heterocycles. The maximum atomic E-state index is 5.70. The van der Waals surface area contributed by atoms with Crippen molar-refractivity contribution in [2.45, 2.75) is 13.3 Å². The van der Waals surface area contributed by atoms with Crippen molar-refractivity contribution in [3.05, 3.63) is 24.2 Å². The summed E-state index contributed by atoms with van der Waals surface area (Å²) < 4.78 is 1.77. The highest BCUT2D eigenvalue weighted by Gasteiger charge is 2.03. The molecule has 0 saturated heterocycles. The normalized spacial score (nSPS) is 10.8. The van der Waals surface area contributed by atoms with Crippen LogP contribution in [0.5, 0.6) is 0 Å². The average Bonchev–Trinajstić information content (AvgIpc) is 2.49. The molecule has 2 rings (SSSR count). The van der Waals surface area contributed by atoms with Gasteiger partial charge < -0.3 is 5.73 Å². The lowest BCUT2D eigenvalue weighted by atomic mass is 10.4. The van der Waals surface area contributed by atoms with E-state index in [1.807, 2.05) is 0 Å². The number of anilines is 1. The van der Waals surface area contributed by atoms with Gasteiger partial charge in [-0.2, -0.15) is 5.10 Å². The molecule has 4 nitrogen and oxygen atoms in total. The first-order valence-corrected chi connectivity index (χ1v) is 3.90. The van der Waals surface area contributed by atoms with Crippen LogP contribution in [0.3, 0.4) is 0 Å². The number of hydrogen-bond acceptors (Lipinski definition) is 3. The molecule has 0 aliphatic rings. The number of nitrogens with two attached hydrogens (primary N) is 1. The highest BCUT2D eigenvalue weighted by molar-refractivity contribution is 5.63. The molecule has 4 heteroatoms. The predicted molar refractivity (Wildman–Crippen MR) is 46.8 cm³/mol. The molecule has 0 aromatic carbocycles. The van der Waals surface area contributed by atoms with Gasteiger partial charge in [-0.05, 0) is 12.5 Å². The third kappa shape index (κ3) is 0.845. The fourth-order valence-corrected chi connectivity index (χ4v) is 1.20. The Balaban J connectivity index is 2.80. The molecule has 0 bridgehead atoms. The van der Waals surface area contributed by atoms with Crippen LogP contribution in [-0.2, 0) is 6.42 Å². The van der Waals surface area contributed by atoms with E-state index in [1.165, 1.54) is 0 Å². The lowest BCUT2D eigenvalue weighted by molar-refractivity contribution is 0.860. The van der Waals surface area contributed by atoms with E-state index in [9.17, 15) is 0 Å². The highest BCUT2D eigenvalue weighted by atomic mass is 15.3. The number of aromatic nitrogens is 3. The summed E-state index contributed by atoms with van der Waals surface area (Å²) in [5.74, 6) is 0. The van der Waals surface area contributed by atoms with Crippen LogP contribution in [0.2, 0.25) is 0 Å². The zero-order valence-electron chi connectivity index (χ0n) is 6.86. The minimum absolute atomic E-state index is 0.671. The summed E-state index contributed by atoms with van der Waals surface area (Å²) in [6, 6.07) is 1.75. The van der Waals surface area contributed by atoms with E-state index in [0.29, 0.717) is 5.69 Å². The third-order valence-electron chi connectivity index (χ3n) is 1.87. The number of nitrogens with zero attached hydrogens (tertiary/aromatic N) is 3. The van der Waals surface area contributed by atoms with Gasteiger partial charge in [0, 0.05) is 0 Å². The van der Waals surface area contributed by atoms with Gasteiger partial charge in [-0.25, -0.2) is 9.50 Å². The summed E-state index contributed by atoms with van der Waals surface area (Å²) in [6.07, 6.45) is 4.40. The molecule has 0 spiro atoms. The van der Waals surface area contributed by atoms with Crippen LogP contribution in [-0.4, -0.2) is 14.6 Å². The van der Waals surface area contributed by atoms with E-state index < -0.39 is 0 Å². The van der Waals surface area contributed by atoms with Gasteiger partial charge in [0.15, 0.2) is 5.65 Å². The number of fused-ring (bicyclic) bond motifs is 1. The molecule has 0 saturated carbocycles. The van der Waals surface area contributed by atoms with Gasteiger partial charge in [0.2, 0.25) is 0 Å². The highest BCUT2D eigenvalue weighted by Crippen LogP contribution is 2.11. The summed E-state index contributed by atoms with van der Waals surface area (Å²) in [5.41, 5.74) is 8.20. The average molecular weight is 162 g/mol. The van der Waals surface area contributed by atoms with E-state index in [2.05, 4.69) is 17.0 Å². The van der Waals surface area contributed by atoms with E-state index >= 15 is 0 Å². The fraction of sp³-hybridized carbons (Fsp3) is 0.250. The number of nitrogen functional groups attached to an aromatic ring is 1. The van der Waals surface area contributed by atoms with Crippen LogP contribution in [0.1, 0.15) is 12.6 Å². The molecule has 2 N–H and O–H groups in total. The summed E-state index contributed by atoms with van der Waals surface area (Å²) >= 11 is 0. The summed E-state index contributed by atoms with van der Waals surface area (Å²) in [7, 11) is 0. The Labute approximate surface area is 70.0 Å². The molecule has 0 aliphatic heterocycles. The minimum atomic E-state index is 0.671. The molecule has 0 fully saturated rings. The minimum Gasteiger partial charge on any atom is -0.396 e. The molecule has 0 amide bonds. The standard InChI is InChI=1S/C8H10N4/c1-2-6-5-10-8-7(9)3-4-11-12(6)8/h3-5H,2,9H2,1H3. The lowest BCUT2D eigenvalue weighted by Gasteiger charge is -1.97. The monoisotopic (exact) mass is 162 g/mol. The van der Waals surface area contributed by atoms with Crippen LogP contribution in [0.25, 0.3) is 5.65 Å². The van der Waals surface area contributed by atoms with Crippen molar-refractivity contribution in [2.24, 2.45) is 0 Å². The van der Waals surface area contributed by atoms with Gasteiger partial charge in [0.05, 0.1) is 23.8 Å². The second-order valence-electron chi connectivity index (χ2n) is 2.63. The second kappa shape index (κ2) is 2.48. The molecular weight excluding hydrogens is 152 g/mol. The topological polar surface area (TPSA) is 56.2 Å². The van der Waals surface area contributed by atoms with Crippen molar-refractivity contribution in [2.75, 3.05) is 5.73 Å². The Morgan fingerprint density at radius 1 is 1.58 bits per heavy atom. The molecule has 0 aliphatic carbocycles. The van der Waals surface area contributed by atoms with Crippen LogP contribution in [0.15, 0.2) is 18.5 Å². The Morgan fingerprint density at radius 3 is 3.17 bits per heavy atom. The predicted octanol–water partition coefficient (Wildman–Crippen LogP) is 0.874. The SMILES string of the molecule is CCc1cnc2c(N)ccnn12. The zero-order chi connectivity index (χ0) is 8.55. The molecular formula is C8H10N4.